The molecule has 0 bridgehead atoms. The van der Waals surface area contributed by atoms with Crippen LogP contribution in [0.5, 0.6) is 0 Å². The Labute approximate surface area is 183 Å². The smallest absolute Gasteiger partial charge is 0.252 e. The Morgan fingerprint density at radius 2 is 1.73 bits per heavy atom. The first-order valence-corrected chi connectivity index (χ1v) is 12.8. The molecule has 0 N–H and O–H groups in total. The summed E-state index contributed by atoms with van der Waals surface area (Å²) >= 11 is 1.24. The summed E-state index contributed by atoms with van der Waals surface area (Å²) in [6.45, 7) is 3.51. The average molecular weight is 448 g/mol. The van der Waals surface area contributed by atoms with Crippen LogP contribution in [0.1, 0.15) is 35.7 Å². The number of likely N-dealkylation sites (N-methyl/N-ethyl adjacent to an activating group) is 1. The van der Waals surface area contributed by atoms with Crippen LogP contribution in [0.4, 0.5) is 0 Å². The van der Waals surface area contributed by atoms with Gasteiger partial charge in [-0.15, -0.1) is 11.3 Å². The normalized spacial score (nSPS) is 21.6. The van der Waals surface area contributed by atoms with Gasteiger partial charge in [0, 0.05) is 37.6 Å². The van der Waals surface area contributed by atoms with Crippen molar-refractivity contribution in [3.05, 3.63) is 52.9 Å². The van der Waals surface area contributed by atoms with Gasteiger partial charge in [0.05, 0.1) is 12.5 Å². The van der Waals surface area contributed by atoms with Gasteiger partial charge in [0.15, 0.2) is 0 Å². The van der Waals surface area contributed by atoms with Crippen LogP contribution in [-0.4, -0.2) is 68.2 Å². The predicted octanol–water partition coefficient (Wildman–Crippen LogP) is 2.98. The van der Waals surface area contributed by atoms with Gasteiger partial charge in [-0.3, -0.25) is 4.79 Å². The topological polar surface area (TPSA) is 60.9 Å². The maximum atomic E-state index is 13.2. The highest BCUT2D eigenvalue weighted by atomic mass is 32.2. The van der Waals surface area contributed by atoms with Gasteiger partial charge in [-0.2, -0.15) is 4.31 Å². The third-order valence-electron chi connectivity index (χ3n) is 5.96. The zero-order valence-corrected chi connectivity index (χ0v) is 19.0. The fraction of sp³-hybridized carbons (Fsp3) is 0.500. The molecular weight excluding hydrogens is 418 g/mol. The lowest BCUT2D eigenvalue weighted by atomic mass is 10.0. The Morgan fingerprint density at radius 1 is 1.00 bits per heavy atom. The molecule has 3 heterocycles. The molecule has 162 valence electrons. The Kier molecular flexibility index (Phi) is 6.57. The van der Waals surface area contributed by atoms with Crippen LogP contribution < -0.4 is 0 Å². The maximum Gasteiger partial charge on any atom is 0.252 e. The maximum absolute atomic E-state index is 13.2. The fourth-order valence-corrected chi connectivity index (χ4v) is 7.27. The van der Waals surface area contributed by atoms with Gasteiger partial charge >= 0.3 is 0 Å². The van der Waals surface area contributed by atoms with E-state index in [-0.39, 0.29) is 18.4 Å². The average Bonchev–Trinajstić information content (AvgIpc) is 3.24. The molecule has 1 aromatic heterocycles. The summed E-state index contributed by atoms with van der Waals surface area (Å²) in [7, 11) is -1.36. The lowest BCUT2D eigenvalue weighted by Gasteiger charge is -2.40. The molecule has 1 atom stereocenters. The van der Waals surface area contributed by atoms with E-state index in [9.17, 15) is 13.2 Å². The molecule has 1 amide bonds. The monoisotopic (exact) mass is 447 g/mol. The standard InChI is InChI=1S/C22H29N3O3S2/c1-23-14-15-25(20(17-23)18-8-4-2-5-9-18)21(26)16-19-10-11-22(29-19)30(27,28)24-12-6-3-7-13-24/h2,4-5,8-11,20H,3,6-7,12-17H2,1H3. The zero-order valence-electron chi connectivity index (χ0n) is 17.4. The quantitative estimate of drug-likeness (QED) is 0.707. The Morgan fingerprint density at radius 3 is 2.47 bits per heavy atom. The van der Waals surface area contributed by atoms with Crippen molar-refractivity contribution in [2.75, 3.05) is 39.8 Å². The first-order valence-electron chi connectivity index (χ1n) is 10.6. The molecule has 2 aliphatic heterocycles. The number of benzene rings is 1. The summed E-state index contributed by atoms with van der Waals surface area (Å²) in [5, 5.41) is 0. The molecule has 8 heteroatoms. The van der Waals surface area contributed by atoms with E-state index in [1.54, 1.807) is 16.4 Å². The number of carbonyl (C=O) groups excluding carboxylic acids is 1. The lowest BCUT2D eigenvalue weighted by Crippen LogP contribution is -2.49. The second-order valence-electron chi connectivity index (χ2n) is 8.14. The number of nitrogens with zero attached hydrogens (tertiary/aromatic N) is 3. The zero-order chi connectivity index (χ0) is 21.1. The second-order valence-corrected chi connectivity index (χ2v) is 11.5. The first kappa shape index (κ1) is 21.5. The Balaban J connectivity index is 1.48. The van der Waals surface area contributed by atoms with Crippen LogP contribution in [-0.2, 0) is 21.2 Å². The number of rotatable bonds is 5. The van der Waals surface area contributed by atoms with Crippen LogP contribution in [0.15, 0.2) is 46.7 Å². The summed E-state index contributed by atoms with van der Waals surface area (Å²) in [5.41, 5.74) is 1.14. The summed E-state index contributed by atoms with van der Waals surface area (Å²) in [4.78, 5) is 18.2. The van der Waals surface area contributed by atoms with Crippen molar-refractivity contribution in [3.8, 4) is 0 Å². The van der Waals surface area contributed by atoms with Gasteiger partial charge in [-0.1, -0.05) is 36.8 Å². The van der Waals surface area contributed by atoms with E-state index in [0.717, 1.165) is 42.8 Å². The number of sulfonamides is 1. The third kappa shape index (κ3) is 4.61. The molecular formula is C22H29N3O3S2. The molecule has 1 aromatic carbocycles. The lowest BCUT2D eigenvalue weighted by molar-refractivity contribution is -0.135. The Hall–Kier alpha value is -1.74. The van der Waals surface area contributed by atoms with E-state index in [1.165, 1.54) is 11.3 Å². The summed E-state index contributed by atoms with van der Waals surface area (Å²) in [6.07, 6.45) is 3.16. The minimum Gasteiger partial charge on any atom is -0.333 e. The Bertz CT molecular complexity index is 969. The highest BCUT2D eigenvalue weighted by molar-refractivity contribution is 7.91. The molecule has 1 unspecified atom stereocenters. The number of carbonyl (C=O) groups is 1. The largest absolute Gasteiger partial charge is 0.333 e. The van der Waals surface area contributed by atoms with Crippen LogP contribution >= 0.6 is 11.3 Å². The van der Waals surface area contributed by atoms with E-state index in [0.29, 0.717) is 23.8 Å². The number of piperazine rings is 1. The van der Waals surface area contributed by atoms with E-state index in [1.807, 2.05) is 23.1 Å². The van der Waals surface area contributed by atoms with Gasteiger partial charge in [0.1, 0.15) is 4.21 Å². The number of thiophene rings is 1. The molecule has 2 fully saturated rings. The van der Waals surface area contributed by atoms with Gasteiger partial charge in [-0.25, -0.2) is 8.42 Å². The van der Waals surface area contributed by atoms with Gasteiger partial charge in [0.25, 0.3) is 10.0 Å². The number of piperidine rings is 1. The minimum absolute atomic E-state index is 0.0222. The fourth-order valence-electron chi connectivity index (χ4n) is 4.25. The van der Waals surface area contributed by atoms with E-state index in [4.69, 9.17) is 0 Å². The molecule has 0 radical (unpaired) electrons. The van der Waals surface area contributed by atoms with Gasteiger partial charge < -0.3 is 9.80 Å². The van der Waals surface area contributed by atoms with Crippen molar-refractivity contribution in [2.24, 2.45) is 0 Å². The van der Waals surface area contributed by atoms with Crippen LogP contribution in [0, 0.1) is 0 Å². The summed E-state index contributed by atoms with van der Waals surface area (Å²) in [5.74, 6) is 0.0562. The third-order valence-corrected chi connectivity index (χ3v) is 9.41. The molecule has 0 saturated carbocycles. The SMILES string of the molecule is CN1CCN(C(=O)Cc2ccc(S(=O)(=O)N3CCCCC3)s2)C(c2ccccc2)C1. The molecule has 0 aliphatic carbocycles. The molecule has 2 saturated heterocycles. The number of hydrogen-bond donors (Lipinski definition) is 0. The van der Waals surface area contributed by atoms with Crippen molar-refractivity contribution < 1.29 is 13.2 Å². The first-order chi connectivity index (χ1) is 14.4. The van der Waals surface area contributed by atoms with E-state index >= 15 is 0 Å². The molecule has 2 aromatic rings. The van der Waals surface area contributed by atoms with Crippen molar-refractivity contribution in [2.45, 2.75) is 35.9 Å². The van der Waals surface area contributed by atoms with E-state index in [2.05, 4.69) is 24.1 Å². The molecule has 0 spiro atoms. The van der Waals surface area contributed by atoms with Crippen molar-refractivity contribution in [1.29, 1.82) is 0 Å². The van der Waals surface area contributed by atoms with Crippen molar-refractivity contribution >= 4 is 27.3 Å². The van der Waals surface area contributed by atoms with Crippen molar-refractivity contribution in [1.82, 2.24) is 14.1 Å². The molecule has 6 nitrogen and oxygen atoms in total. The number of hydrogen-bond acceptors (Lipinski definition) is 5. The highest BCUT2D eigenvalue weighted by Gasteiger charge is 2.31. The predicted molar refractivity (Wildman–Crippen MR) is 119 cm³/mol. The summed E-state index contributed by atoms with van der Waals surface area (Å²) < 4.78 is 27.7. The van der Waals surface area contributed by atoms with Crippen LogP contribution in [0.2, 0.25) is 0 Å². The van der Waals surface area contributed by atoms with Crippen LogP contribution in [0.3, 0.4) is 0 Å². The second kappa shape index (κ2) is 9.18. The van der Waals surface area contributed by atoms with Crippen molar-refractivity contribution in [3.63, 3.8) is 0 Å². The van der Waals surface area contributed by atoms with Crippen LogP contribution in [0.25, 0.3) is 0 Å². The summed E-state index contributed by atoms with van der Waals surface area (Å²) in [6, 6.07) is 13.6. The number of amides is 1. The van der Waals surface area contributed by atoms with E-state index < -0.39 is 10.0 Å². The molecule has 30 heavy (non-hydrogen) atoms. The van der Waals surface area contributed by atoms with Gasteiger partial charge in [0.2, 0.25) is 5.91 Å². The minimum atomic E-state index is -3.44. The van der Waals surface area contributed by atoms with Gasteiger partial charge in [-0.05, 0) is 37.6 Å². The molecule has 4 rings (SSSR count). The molecule has 2 aliphatic rings. The highest BCUT2D eigenvalue weighted by Crippen LogP contribution is 2.29.